The summed E-state index contributed by atoms with van der Waals surface area (Å²) >= 11 is 0. The molecule has 3 heterocycles. The van der Waals surface area contributed by atoms with Gasteiger partial charge in [-0.25, -0.2) is 4.98 Å². The van der Waals surface area contributed by atoms with Crippen molar-refractivity contribution in [2.24, 2.45) is 0 Å². The van der Waals surface area contributed by atoms with Gasteiger partial charge in [-0.05, 0) is 31.4 Å². The lowest BCUT2D eigenvalue weighted by atomic mass is 10.0. The van der Waals surface area contributed by atoms with Crippen LogP contribution >= 0.6 is 0 Å². The quantitative estimate of drug-likeness (QED) is 0.287. The summed E-state index contributed by atoms with van der Waals surface area (Å²) in [6.45, 7) is 6.26. The lowest BCUT2D eigenvalue weighted by Crippen LogP contribution is -2.49. The molecule has 2 aromatic heterocycles. The van der Waals surface area contributed by atoms with Crippen LogP contribution in [0.25, 0.3) is 0 Å². The van der Waals surface area contributed by atoms with E-state index in [2.05, 4.69) is 21.7 Å². The average Bonchev–Trinajstić information content (AvgIpc) is 3.12. The van der Waals surface area contributed by atoms with Crippen LogP contribution in [-0.4, -0.2) is 69.5 Å². The normalized spacial score (nSPS) is 16.8. The van der Waals surface area contributed by atoms with E-state index in [1.54, 1.807) is 0 Å². The van der Waals surface area contributed by atoms with Crippen molar-refractivity contribution in [3.05, 3.63) is 47.7 Å². The van der Waals surface area contributed by atoms with Gasteiger partial charge in [0.05, 0.1) is 6.54 Å². The molecular formula is C27H38N4O4. The molecule has 0 saturated carbocycles. The van der Waals surface area contributed by atoms with Crippen molar-refractivity contribution in [3.8, 4) is 11.8 Å². The molecule has 0 amide bonds. The number of hydrogen-bond acceptors (Lipinski definition) is 7. The highest BCUT2D eigenvalue weighted by atomic mass is 16.5. The van der Waals surface area contributed by atoms with Crippen LogP contribution in [0.4, 0.5) is 5.82 Å². The molecule has 1 saturated heterocycles. The number of esters is 1. The molecule has 0 aromatic carbocycles. The fourth-order valence-electron chi connectivity index (χ4n) is 4.97. The molecule has 0 bridgehead atoms. The van der Waals surface area contributed by atoms with Crippen LogP contribution < -0.4 is 4.90 Å². The Morgan fingerprint density at radius 3 is 2.34 bits per heavy atom. The molecule has 0 spiro atoms. The van der Waals surface area contributed by atoms with E-state index in [-0.39, 0.29) is 24.3 Å². The molecule has 190 valence electrons. The van der Waals surface area contributed by atoms with Gasteiger partial charge in [0, 0.05) is 56.5 Å². The Morgan fingerprint density at radius 1 is 1.00 bits per heavy atom. The maximum Gasteiger partial charge on any atom is 0.306 e. The summed E-state index contributed by atoms with van der Waals surface area (Å²) in [6.07, 6.45) is 11.0. The van der Waals surface area contributed by atoms with Crippen LogP contribution in [0.15, 0.2) is 36.5 Å². The first kappa shape index (κ1) is 25.1. The zero-order valence-electron chi connectivity index (χ0n) is 20.7. The lowest BCUT2D eigenvalue weighted by molar-refractivity contribution is -0.151. The Bertz CT molecular complexity index is 965. The Morgan fingerprint density at radius 2 is 1.71 bits per heavy atom. The molecule has 8 heteroatoms. The number of piperazine rings is 1. The van der Waals surface area contributed by atoms with Crippen LogP contribution in [0.2, 0.25) is 0 Å². The van der Waals surface area contributed by atoms with Gasteiger partial charge in [-0.3, -0.25) is 14.3 Å². The summed E-state index contributed by atoms with van der Waals surface area (Å²) < 4.78 is 7.44. The lowest BCUT2D eigenvalue weighted by Gasteiger charge is -2.37. The molecule has 2 aromatic rings. The van der Waals surface area contributed by atoms with E-state index in [0.29, 0.717) is 25.8 Å². The molecule has 0 radical (unpaired) electrons. The van der Waals surface area contributed by atoms with Crippen molar-refractivity contribution in [1.82, 2.24) is 14.5 Å². The van der Waals surface area contributed by atoms with Crippen molar-refractivity contribution in [3.63, 3.8) is 0 Å². The number of anilines is 1. The van der Waals surface area contributed by atoms with Crippen LogP contribution in [-0.2, 0) is 28.9 Å². The Balaban J connectivity index is 1.41. The first-order valence-electron chi connectivity index (χ1n) is 12.9. The minimum atomic E-state index is -0.464. The van der Waals surface area contributed by atoms with Gasteiger partial charge in [-0.2, -0.15) is 0 Å². The maximum atomic E-state index is 12.6. The molecule has 1 fully saturated rings. The number of fused-ring (bicyclic) bond motifs is 1. The van der Waals surface area contributed by atoms with E-state index in [1.165, 1.54) is 4.57 Å². The van der Waals surface area contributed by atoms with Crippen LogP contribution in [0.1, 0.15) is 50.2 Å². The number of ether oxygens (including phenoxy) is 1. The van der Waals surface area contributed by atoms with E-state index in [4.69, 9.17) is 4.74 Å². The zero-order valence-corrected chi connectivity index (χ0v) is 20.7. The summed E-state index contributed by atoms with van der Waals surface area (Å²) in [7, 11) is 0. The Labute approximate surface area is 207 Å². The summed E-state index contributed by atoms with van der Waals surface area (Å²) in [5, 5.41) is 21.6. The SMILES string of the molecule is CCCCCCC(=O)OC(CN1CCN(c2ccccn2)CC1)Cn1c(O)c2c(c1O)CC=CC2. The van der Waals surface area contributed by atoms with Crippen molar-refractivity contribution >= 4 is 11.8 Å². The first-order chi connectivity index (χ1) is 17.1. The maximum absolute atomic E-state index is 12.6. The third-order valence-corrected chi connectivity index (χ3v) is 6.95. The van der Waals surface area contributed by atoms with Gasteiger partial charge in [0.1, 0.15) is 11.9 Å². The number of carbonyl (C=O) groups excluding carboxylic acids is 1. The van der Waals surface area contributed by atoms with Crippen LogP contribution in [0.5, 0.6) is 11.8 Å². The Hall–Kier alpha value is -3.00. The van der Waals surface area contributed by atoms with Crippen LogP contribution in [0, 0.1) is 0 Å². The number of nitrogens with zero attached hydrogens (tertiary/aromatic N) is 4. The number of carbonyl (C=O) groups is 1. The molecule has 2 N–H and O–H groups in total. The fourth-order valence-corrected chi connectivity index (χ4v) is 4.97. The number of aromatic nitrogens is 2. The van der Waals surface area contributed by atoms with Gasteiger partial charge in [-0.1, -0.05) is 44.4 Å². The second-order valence-electron chi connectivity index (χ2n) is 9.49. The van der Waals surface area contributed by atoms with E-state index in [1.807, 2.05) is 36.5 Å². The summed E-state index contributed by atoms with van der Waals surface area (Å²) in [4.78, 5) is 21.6. The minimum absolute atomic E-state index is 0.0748. The van der Waals surface area contributed by atoms with Gasteiger partial charge in [0.25, 0.3) is 0 Å². The number of aromatic hydroxyl groups is 2. The summed E-state index contributed by atoms with van der Waals surface area (Å²) in [6, 6.07) is 5.93. The van der Waals surface area contributed by atoms with Crippen molar-refractivity contribution in [2.45, 2.75) is 64.5 Å². The van der Waals surface area contributed by atoms with E-state index >= 15 is 0 Å². The number of unbranched alkanes of at least 4 members (excludes halogenated alkanes) is 3. The van der Waals surface area contributed by atoms with Crippen molar-refractivity contribution < 1.29 is 19.7 Å². The smallest absolute Gasteiger partial charge is 0.306 e. The first-order valence-corrected chi connectivity index (χ1v) is 12.9. The van der Waals surface area contributed by atoms with Crippen LogP contribution in [0.3, 0.4) is 0 Å². The van der Waals surface area contributed by atoms with Crippen molar-refractivity contribution in [2.75, 3.05) is 37.6 Å². The summed E-state index contributed by atoms with van der Waals surface area (Å²) in [5.41, 5.74) is 1.53. The average molecular weight is 483 g/mol. The highest BCUT2D eigenvalue weighted by molar-refractivity contribution is 5.69. The van der Waals surface area contributed by atoms with E-state index < -0.39 is 6.10 Å². The number of pyridine rings is 1. The molecule has 1 unspecified atom stereocenters. The molecule has 4 rings (SSSR count). The topological polar surface area (TPSA) is 91.1 Å². The second kappa shape index (κ2) is 12.1. The number of rotatable bonds is 11. The minimum Gasteiger partial charge on any atom is -0.494 e. The molecule has 1 aliphatic heterocycles. The molecule has 8 nitrogen and oxygen atoms in total. The third-order valence-electron chi connectivity index (χ3n) is 6.95. The number of allylic oxidation sites excluding steroid dienone is 2. The molecular weight excluding hydrogens is 444 g/mol. The predicted octanol–water partition coefficient (Wildman–Crippen LogP) is 3.65. The molecule has 1 atom stereocenters. The fraction of sp³-hybridized carbons (Fsp3) is 0.556. The van der Waals surface area contributed by atoms with Gasteiger partial charge in [0.2, 0.25) is 0 Å². The van der Waals surface area contributed by atoms with Crippen molar-refractivity contribution in [1.29, 1.82) is 0 Å². The van der Waals surface area contributed by atoms with E-state index in [9.17, 15) is 15.0 Å². The monoisotopic (exact) mass is 482 g/mol. The predicted molar refractivity (Wildman–Crippen MR) is 136 cm³/mol. The molecule has 2 aliphatic rings. The highest BCUT2D eigenvalue weighted by Gasteiger charge is 2.28. The van der Waals surface area contributed by atoms with Gasteiger partial charge in [-0.15, -0.1) is 0 Å². The van der Waals surface area contributed by atoms with Gasteiger partial charge < -0.3 is 19.8 Å². The zero-order chi connectivity index (χ0) is 24.6. The summed E-state index contributed by atoms with van der Waals surface area (Å²) in [5.74, 6) is 0.913. The molecule has 35 heavy (non-hydrogen) atoms. The van der Waals surface area contributed by atoms with E-state index in [0.717, 1.165) is 68.8 Å². The third kappa shape index (κ3) is 6.36. The standard InChI is InChI=1S/C27H38N4O4/c1-2-3-4-5-13-25(32)35-21(20-31-26(33)22-10-6-7-11-23(22)27(31)34)19-29-15-17-30(18-16-29)24-12-8-9-14-28-24/h6-9,12,14,21,33-34H,2-5,10-11,13,15-20H2,1H3. The highest BCUT2D eigenvalue weighted by Crippen LogP contribution is 2.37. The second-order valence-corrected chi connectivity index (χ2v) is 9.49. The number of hydrogen-bond donors (Lipinski definition) is 2. The Kier molecular flexibility index (Phi) is 8.69. The van der Waals surface area contributed by atoms with Gasteiger partial charge >= 0.3 is 5.97 Å². The van der Waals surface area contributed by atoms with Gasteiger partial charge in [0.15, 0.2) is 11.8 Å². The largest absolute Gasteiger partial charge is 0.494 e. The molecule has 1 aliphatic carbocycles.